The molecule has 0 aromatic carbocycles. The summed E-state index contributed by atoms with van der Waals surface area (Å²) in [5.41, 5.74) is 3.31. The molecule has 0 amide bonds. The molecule has 2 atom stereocenters. The van der Waals surface area contributed by atoms with Crippen LogP contribution in [-0.2, 0) is 6.54 Å². The predicted octanol–water partition coefficient (Wildman–Crippen LogP) is 3.97. The van der Waals surface area contributed by atoms with Crippen LogP contribution < -0.4 is 0 Å². The first kappa shape index (κ1) is 14.7. The Kier molecular flexibility index (Phi) is 3.79. The minimum atomic E-state index is 0.423. The van der Waals surface area contributed by atoms with E-state index in [1.54, 1.807) is 0 Å². The maximum Gasteiger partial charge on any atom is 0.137 e. The molecule has 0 radical (unpaired) electrons. The third-order valence-corrected chi connectivity index (χ3v) is 4.74. The van der Waals surface area contributed by atoms with Crippen molar-refractivity contribution in [3.63, 3.8) is 0 Å². The standard InChI is InChI=1S/C18H19ClN4/c1-13-7-17(14-3-2-6-20-8-14)22(9-13)11-16-12-23-10-15(19)4-5-18(23)21-16/h2-6,8,10,12-13,17H,7,9,11H2,1H3/t13-,17-/m1/s1. The third-order valence-electron chi connectivity index (χ3n) is 4.51. The van der Waals surface area contributed by atoms with Gasteiger partial charge < -0.3 is 4.40 Å². The van der Waals surface area contributed by atoms with Crippen molar-refractivity contribution in [2.75, 3.05) is 6.54 Å². The average molecular weight is 327 g/mol. The fraction of sp³-hybridized carbons (Fsp3) is 0.333. The van der Waals surface area contributed by atoms with Crippen molar-refractivity contribution in [2.45, 2.75) is 25.9 Å². The second kappa shape index (κ2) is 5.95. The van der Waals surface area contributed by atoms with E-state index in [1.165, 1.54) is 12.0 Å². The number of halogens is 1. The highest BCUT2D eigenvalue weighted by Gasteiger charge is 2.31. The molecule has 1 aliphatic heterocycles. The molecule has 4 heterocycles. The number of nitrogens with zero attached hydrogens (tertiary/aromatic N) is 4. The molecule has 3 aromatic heterocycles. The predicted molar refractivity (Wildman–Crippen MR) is 91.4 cm³/mol. The second-order valence-electron chi connectivity index (χ2n) is 6.42. The Balaban J connectivity index is 1.60. The molecule has 0 unspecified atom stereocenters. The largest absolute Gasteiger partial charge is 0.305 e. The Morgan fingerprint density at radius 2 is 2.17 bits per heavy atom. The van der Waals surface area contributed by atoms with Gasteiger partial charge in [-0.1, -0.05) is 24.6 Å². The van der Waals surface area contributed by atoms with Crippen molar-refractivity contribution < 1.29 is 0 Å². The molecule has 3 aromatic rings. The van der Waals surface area contributed by atoms with Crippen LogP contribution in [0, 0.1) is 5.92 Å². The zero-order valence-corrected chi connectivity index (χ0v) is 13.8. The van der Waals surface area contributed by atoms with Gasteiger partial charge in [-0.2, -0.15) is 0 Å². The maximum absolute atomic E-state index is 6.05. The van der Waals surface area contributed by atoms with E-state index in [0.29, 0.717) is 12.0 Å². The Bertz CT molecular complexity index is 814. The highest BCUT2D eigenvalue weighted by atomic mass is 35.5. The van der Waals surface area contributed by atoms with E-state index in [0.717, 1.165) is 29.5 Å². The first-order valence-electron chi connectivity index (χ1n) is 7.96. The molecule has 118 valence electrons. The molecule has 0 aliphatic carbocycles. The first-order chi connectivity index (χ1) is 11.2. The minimum Gasteiger partial charge on any atom is -0.305 e. The summed E-state index contributed by atoms with van der Waals surface area (Å²) in [5.74, 6) is 0.687. The molecular weight excluding hydrogens is 308 g/mol. The fourth-order valence-electron chi connectivity index (χ4n) is 3.53. The smallest absolute Gasteiger partial charge is 0.137 e. The lowest BCUT2D eigenvalue weighted by atomic mass is 10.0. The van der Waals surface area contributed by atoms with Gasteiger partial charge >= 0.3 is 0 Å². The van der Waals surface area contributed by atoms with Crippen LogP contribution in [0.3, 0.4) is 0 Å². The monoisotopic (exact) mass is 326 g/mol. The summed E-state index contributed by atoms with van der Waals surface area (Å²) in [4.78, 5) is 11.5. The van der Waals surface area contributed by atoms with Crippen molar-refractivity contribution in [3.05, 3.63) is 65.3 Å². The number of rotatable bonds is 3. The van der Waals surface area contributed by atoms with Gasteiger partial charge in [-0.15, -0.1) is 0 Å². The van der Waals surface area contributed by atoms with Gasteiger partial charge in [0.05, 0.1) is 10.7 Å². The molecule has 1 aliphatic rings. The van der Waals surface area contributed by atoms with E-state index >= 15 is 0 Å². The van der Waals surface area contributed by atoms with Crippen LogP contribution in [0.2, 0.25) is 5.02 Å². The van der Waals surface area contributed by atoms with Gasteiger partial charge in [-0.05, 0) is 36.1 Å². The maximum atomic E-state index is 6.05. The Labute approximate surface area is 140 Å². The van der Waals surface area contributed by atoms with Crippen LogP contribution in [0.4, 0.5) is 0 Å². The minimum absolute atomic E-state index is 0.423. The third kappa shape index (κ3) is 2.96. The molecule has 1 fully saturated rings. The lowest BCUT2D eigenvalue weighted by Crippen LogP contribution is -2.23. The van der Waals surface area contributed by atoms with E-state index in [4.69, 9.17) is 16.6 Å². The summed E-state index contributed by atoms with van der Waals surface area (Å²) < 4.78 is 2.00. The number of imidazole rings is 1. The normalized spacial score (nSPS) is 22.0. The van der Waals surface area contributed by atoms with E-state index in [9.17, 15) is 0 Å². The quantitative estimate of drug-likeness (QED) is 0.730. The van der Waals surface area contributed by atoms with Gasteiger partial charge in [0.2, 0.25) is 0 Å². The topological polar surface area (TPSA) is 33.4 Å². The summed E-state index contributed by atoms with van der Waals surface area (Å²) in [6.07, 6.45) is 8.96. The average Bonchev–Trinajstić information content (AvgIpc) is 3.10. The molecule has 0 N–H and O–H groups in total. The number of aromatic nitrogens is 3. The second-order valence-corrected chi connectivity index (χ2v) is 6.85. The van der Waals surface area contributed by atoms with Crippen molar-refractivity contribution in [3.8, 4) is 0 Å². The number of fused-ring (bicyclic) bond motifs is 1. The van der Waals surface area contributed by atoms with E-state index in [1.807, 2.05) is 41.2 Å². The Hall–Kier alpha value is -1.91. The van der Waals surface area contributed by atoms with Crippen LogP contribution in [0.1, 0.15) is 30.6 Å². The van der Waals surface area contributed by atoms with E-state index in [2.05, 4.69) is 29.1 Å². The van der Waals surface area contributed by atoms with Crippen LogP contribution >= 0.6 is 11.6 Å². The van der Waals surface area contributed by atoms with Gasteiger partial charge in [0.15, 0.2) is 0 Å². The molecule has 0 saturated carbocycles. The Morgan fingerprint density at radius 3 is 3.00 bits per heavy atom. The Morgan fingerprint density at radius 1 is 1.26 bits per heavy atom. The van der Waals surface area contributed by atoms with Crippen LogP contribution in [0.5, 0.6) is 0 Å². The zero-order chi connectivity index (χ0) is 15.8. The number of hydrogen-bond donors (Lipinski definition) is 0. The van der Waals surface area contributed by atoms with E-state index in [-0.39, 0.29) is 0 Å². The highest BCUT2D eigenvalue weighted by Crippen LogP contribution is 2.35. The molecule has 0 bridgehead atoms. The highest BCUT2D eigenvalue weighted by molar-refractivity contribution is 6.30. The van der Waals surface area contributed by atoms with E-state index < -0.39 is 0 Å². The molecule has 0 spiro atoms. The summed E-state index contributed by atoms with van der Waals surface area (Å²) in [5, 5.41) is 0.726. The zero-order valence-electron chi connectivity index (χ0n) is 13.1. The molecule has 23 heavy (non-hydrogen) atoms. The number of pyridine rings is 2. The van der Waals surface area contributed by atoms with Gasteiger partial charge in [0, 0.05) is 43.9 Å². The molecule has 1 saturated heterocycles. The SMILES string of the molecule is C[C@@H]1C[C@H](c2cccnc2)N(Cc2cn3cc(Cl)ccc3n2)C1. The lowest BCUT2D eigenvalue weighted by molar-refractivity contribution is 0.242. The van der Waals surface area contributed by atoms with Crippen molar-refractivity contribution in [1.29, 1.82) is 0 Å². The van der Waals surface area contributed by atoms with Crippen molar-refractivity contribution >= 4 is 17.2 Å². The molecule has 4 rings (SSSR count). The number of likely N-dealkylation sites (tertiary alicyclic amines) is 1. The van der Waals surface area contributed by atoms with Gasteiger partial charge in [-0.25, -0.2) is 4.98 Å². The summed E-state index contributed by atoms with van der Waals surface area (Å²) in [6.45, 7) is 4.25. The van der Waals surface area contributed by atoms with Gasteiger partial charge in [-0.3, -0.25) is 9.88 Å². The summed E-state index contributed by atoms with van der Waals surface area (Å²) in [6, 6.07) is 8.45. The fourth-order valence-corrected chi connectivity index (χ4v) is 3.70. The lowest BCUT2D eigenvalue weighted by Gasteiger charge is -2.23. The van der Waals surface area contributed by atoms with Crippen LogP contribution in [0.25, 0.3) is 5.65 Å². The number of hydrogen-bond acceptors (Lipinski definition) is 3. The summed E-state index contributed by atoms with van der Waals surface area (Å²) in [7, 11) is 0. The molecular formula is C18H19ClN4. The molecule has 4 nitrogen and oxygen atoms in total. The first-order valence-corrected chi connectivity index (χ1v) is 8.34. The van der Waals surface area contributed by atoms with Crippen molar-refractivity contribution in [1.82, 2.24) is 19.3 Å². The van der Waals surface area contributed by atoms with Crippen LogP contribution in [-0.4, -0.2) is 25.8 Å². The summed E-state index contributed by atoms with van der Waals surface area (Å²) >= 11 is 6.05. The van der Waals surface area contributed by atoms with Gasteiger partial charge in [0.1, 0.15) is 5.65 Å². The van der Waals surface area contributed by atoms with Crippen LogP contribution in [0.15, 0.2) is 49.1 Å². The van der Waals surface area contributed by atoms with Crippen molar-refractivity contribution in [2.24, 2.45) is 5.92 Å². The van der Waals surface area contributed by atoms with Gasteiger partial charge in [0.25, 0.3) is 0 Å². The molecule has 5 heteroatoms.